The lowest BCUT2D eigenvalue weighted by molar-refractivity contribution is 0.0697. The molecule has 1 N–H and O–H groups in total. The van der Waals surface area contributed by atoms with Gasteiger partial charge >= 0.3 is 5.97 Å². The van der Waals surface area contributed by atoms with Crippen LogP contribution in [0.25, 0.3) is 11.1 Å². The maximum Gasteiger partial charge on any atom is 0.336 e. The Labute approximate surface area is 139 Å². The van der Waals surface area contributed by atoms with Gasteiger partial charge < -0.3 is 5.11 Å². The molecule has 0 aliphatic carbocycles. The lowest BCUT2D eigenvalue weighted by atomic mass is 9.95. The van der Waals surface area contributed by atoms with Gasteiger partial charge in [-0.1, -0.05) is 81.5 Å². The number of aromatic carboxylic acids is 1. The first kappa shape index (κ1) is 17.3. The summed E-state index contributed by atoms with van der Waals surface area (Å²) < 4.78 is 0. The fraction of sp³-hybridized carbons (Fsp3) is 0.381. The van der Waals surface area contributed by atoms with Crippen molar-refractivity contribution in [3.63, 3.8) is 0 Å². The maximum atomic E-state index is 11.5. The summed E-state index contributed by atoms with van der Waals surface area (Å²) in [6.45, 7) is 2.23. The fourth-order valence-corrected chi connectivity index (χ4v) is 2.90. The molecule has 0 fully saturated rings. The van der Waals surface area contributed by atoms with E-state index in [0.29, 0.717) is 5.56 Å². The van der Waals surface area contributed by atoms with E-state index in [1.165, 1.54) is 44.1 Å². The van der Waals surface area contributed by atoms with E-state index in [2.05, 4.69) is 6.92 Å². The van der Waals surface area contributed by atoms with Crippen LogP contribution < -0.4 is 0 Å². The largest absolute Gasteiger partial charge is 0.478 e. The maximum absolute atomic E-state index is 11.5. The molecule has 0 spiro atoms. The monoisotopic (exact) mass is 310 g/mol. The zero-order chi connectivity index (χ0) is 16.5. The second-order valence-electron chi connectivity index (χ2n) is 6.07. The van der Waals surface area contributed by atoms with Crippen LogP contribution in [-0.2, 0) is 6.42 Å². The van der Waals surface area contributed by atoms with Crippen molar-refractivity contribution in [2.45, 2.75) is 51.9 Å². The minimum atomic E-state index is -0.866. The van der Waals surface area contributed by atoms with E-state index in [1.54, 1.807) is 6.07 Å². The Morgan fingerprint density at radius 2 is 1.61 bits per heavy atom. The molecule has 0 radical (unpaired) electrons. The number of benzene rings is 2. The van der Waals surface area contributed by atoms with Crippen molar-refractivity contribution in [1.82, 2.24) is 0 Å². The van der Waals surface area contributed by atoms with Crippen LogP contribution >= 0.6 is 0 Å². The standard InChI is InChI=1S/C21H26O2/c1-2-3-4-5-6-8-11-17-14-15-19(21(22)23)20(16-17)18-12-9-7-10-13-18/h7,9-10,12-16H,2-6,8,11H2,1H3,(H,22,23). The predicted molar refractivity (Wildman–Crippen MR) is 95.9 cm³/mol. The molecule has 122 valence electrons. The molecule has 0 saturated heterocycles. The Kier molecular flexibility index (Phi) is 6.86. The van der Waals surface area contributed by atoms with Crippen LogP contribution in [0, 0.1) is 0 Å². The summed E-state index contributed by atoms with van der Waals surface area (Å²) in [5.41, 5.74) is 3.39. The molecule has 23 heavy (non-hydrogen) atoms. The molecule has 0 aliphatic heterocycles. The highest BCUT2D eigenvalue weighted by Crippen LogP contribution is 2.26. The van der Waals surface area contributed by atoms with Crippen molar-refractivity contribution in [1.29, 1.82) is 0 Å². The van der Waals surface area contributed by atoms with Gasteiger partial charge in [-0.3, -0.25) is 0 Å². The molecule has 0 atom stereocenters. The van der Waals surface area contributed by atoms with Crippen LogP contribution in [-0.4, -0.2) is 11.1 Å². The van der Waals surface area contributed by atoms with Gasteiger partial charge in [0.25, 0.3) is 0 Å². The van der Waals surface area contributed by atoms with E-state index in [9.17, 15) is 9.90 Å². The van der Waals surface area contributed by atoms with Gasteiger partial charge in [0, 0.05) is 0 Å². The van der Waals surface area contributed by atoms with E-state index in [0.717, 1.165) is 17.5 Å². The van der Waals surface area contributed by atoms with E-state index < -0.39 is 5.97 Å². The van der Waals surface area contributed by atoms with Crippen molar-refractivity contribution < 1.29 is 9.90 Å². The van der Waals surface area contributed by atoms with Crippen molar-refractivity contribution in [2.75, 3.05) is 0 Å². The number of carboxylic acids is 1. The van der Waals surface area contributed by atoms with Gasteiger partial charge in [0.2, 0.25) is 0 Å². The number of hydrogen-bond donors (Lipinski definition) is 1. The zero-order valence-electron chi connectivity index (χ0n) is 13.9. The van der Waals surface area contributed by atoms with E-state index in [4.69, 9.17) is 0 Å². The number of unbranched alkanes of at least 4 members (excludes halogenated alkanes) is 5. The lowest BCUT2D eigenvalue weighted by Gasteiger charge is -2.10. The highest BCUT2D eigenvalue weighted by atomic mass is 16.4. The topological polar surface area (TPSA) is 37.3 Å². The molecule has 0 unspecified atom stereocenters. The number of hydrogen-bond acceptors (Lipinski definition) is 1. The number of aryl methyl sites for hydroxylation is 1. The smallest absolute Gasteiger partial charge is 0.336 e. The summed E-state index contributed by atoms with van der Waals surface area (Å²) in [5, 5.41) is 9.41. The Morgan fingerprint density at radius 3 is 2.30 bits per heavy atom. The first-order chi connectivity index (χ1) is 11.2. The van der Waals surface area contributed by atoms with Gasteiger partial charge in [-0.05, 0) is 35.6 Å². The second kappa shape index (κ2) is 9.14. The van der Waals surface area contributed by atoms with Gasteiger partial charge in [0.05, 0.1) is 5.56 Å². The number of carbonyl (C=O) groups is 1. The Hall–Kier alpha value is -2.09. The summed E-state index contributed by atoms with van der Waals surface area (Å²) in [4.78, 5) is 11.5. The molecule has 2 aromatic carbocycles. The normalized spacial score (nSPS) is 10.7. The highest BCUT2D eigenvalue weighted by Gasteiger charge is 2.12. The average molecular weight is 310 g/mol. The molecule has 0 amide bonds. The van der Waals surface area contributed by atoms with Gasteiger partial charge in [-0.25, -0.2) is 4.79 Å². The van der Waals surface area contributed by atoms with E-state index >= 15 is 0 Å². The number of carboxylic acid groups (broad SMARTS) is 1. The second-order valence-corrected chi connectivity index (χ2v) is 6.07. The minimum Gasteiger partial charge on any atom is -0.478 e. The van der Waals surface area contributed by atoms with Crippen LogP contribution in [0.5, 0.6) is 0 Å². The third kappa shape index (κ3) is 5.24. The molecule has 0 aliphatic rings. The summed E-state index contributed by atoms with van der Waals surface area (Å²) in [6.07, 6.45) is 8.66. The summed E-state index contributed by atoms with van der Waals surface area (Å²) in [6, 6.07) is 15.5. The van der Waals surface area contributed by atoms with Crippen LogP contribution in [0.3, 0.4) is 0 Å². The zero-order valence-corrected chi connectivity index (χ0v) is 13.9. The molecule has 0 aromatic heterocycles. The average Bonchev–Trinajstić information content (AvgIpc) is 2.58. The van der Waals surface area contributed by atoms with Crippen LogP contribution in [0.15, 0.2) is 48.5 Å². The van der Waals surface area contributed by atoms with E-state index in [1.807, 2.05) is 42.5 Å². The van der Waals surface area contributed by atoms with Gasteiger partial charge in [0.15, 0.2) is 0 Å². The van der Waals surface area contributed by atoms with Gasteiger partial charge in [0.1, 0.15) is 0 Å². The third-order valence-electron chi connectivity index (χ3n) is 4.22. The fourth-order valence-electron chi connectivity index (χ4n) is 2.90. The molecule has 2 aromatic rings. The predicted octanol–water partition coefficient (Wildman–Crippen LogP) is 5.95. The highest BCUT2D eigenvalue weighted by molar-refractivity contribution is 5.96. The van der Waals surface area contributed by atoms with Crippen LogP contribution in [0.1, 0.15) is 61.4 Å². The molecular formula is C21H26O2. The molecule has 0 bridgehead atoms. The Morgan fingerprint density at radius 1 is 0.913 bits per heavy atom. The quantitative estimate of drug-likeness (QED) is 0.581. The van der Waals surface area contributed by atoms with Crippen molar-refractivity contribution in [3.8, 4) is 11.1 Å². The summed E-state index contributed by atoms with van der Waals surface area (Å²) >= 11 is 0. The molecule has 0 heterocycles. The van der Waals surface area contributed by atoms with Gasteiger partial charge in [-0.2, -0.15) is 0 Å². The minimum absolute atomic E-state index is 0.378. The molecule has 2 heteroatoms. The van der Waals surface area contributed by atoms with Crippen molar-refractivity contribution >= 4 is 5.97 Å². The Bertz CT molecular complexity index is 617. The van der Waals surface area contributed by atoms with Crippen LogP contribution in [0.2, 0.25) is 0 Å². The lowest BCUT2D eigenvalue weighted by Crippen LogP contribution is -2.01. The summed E-state index contributed by atoms with van der Waals surface area (Å²) in [5.74, 6) is -0.866. The summed E-state index contributed by atoms with van der Waals surface area (Å²) in [7, 11) is 0. The SMILES string of the molecule is CCCCCCCCc1ccc(C(=O)O)c(-c2ccccc2)c1. The van der Waals surface area contributed by atoms with Gasteiger partial charge in [-0.15, -0.1) is 0 Å². The van der Waals surface area contributed by atoms with Crippen molar-refractivity contribution in [3.05, 3.63) is 59.7 Å². The Balaban J connectivity index is 2.06. The first-order valence-electron chi connectivity index (χ1n) is 8.64. The third-order valence-corrected chi connectivity index (χ3v) is 4.22. The van der Waals surface area contributed by atoms with Crippen LogP contribution in [0.4, 0.5) is 0 Å². The van der Waals surface area contributed by atoms with Crippen molar-refractivity contribution in [2.24, 2.45) is 0 Å². The molecule has 2 nitrogen and oxygen atoms in total. The first-order valence-corrected chi connectivity index (χ1v) is 8.64. The number of rotatable bonds is 9. The molecule has 2 rings (SSSR count). The molecule has 0 saturated carbocycles. The molecular weight excluding hydrogens is 284 g/mol. The van der Waals surface area contributed by atoms with E-state index in [-0.39, 0.29) is 0 Å².